The van der Waals surface area contributed by atoms with Gasteiger partial charge in [-0.3, -0.25) is 37.3 Å². The third-order valence-corrected chi connectivity index (χ3v) is 17.4. The third-order valence-electron chi connectivity index (χ3n) is 15.5. The van der Waals surface area contributed by atoms with Crippen molar-refractivity contribution in [2.45, 2.75) is 361 Å². The summed E-state index contributed by atoms with van der Waals surface area (Å²) in [6, 6.07) is 0. The lowest BCUT2D eigenvalue weighted by Crippen LogP contribution is -2.30. The largest absolute Gasteiger partial charge is 0.472 e. The number of phosphoric acid groups is 2. The van der Waals surface area contributed by atoms with E-state index in [2.05, 4.69) is 34.6 Å². The van der Waals surface area contributed by atoms with Gasteiger partial charge in [-0.2, -0.15) is 0 Å². The molecule has 2 unspecified atom stereocenters. The topological polar surface area (TPSA) is 237 Å². The van der Waals surface area contributed by atoms with Gasteiger partial charge in [-0.25, -0.2) is 9.13 Å². The number of aliphatic hydroxyl groups is 1. The smallest absolute Gasteiger partial charge is 0.462 e. The minimum absolute atomic E-state index is 0.102. The van der Waals surface area contributed by atoms with Crippen LogP contribution in [-0.2, 0) is 65.4 Å². The highest BCUT2D eigenvalue weighted by Crippen LogP contribution is 2.45. The molecule has 0 amide bonds. The number of hydrogen-bond donors (Lipinski definition) is 3. The normalized spacial score (nSPS) is 14.2. The first-order chi connectivity index (χ1) is 41.5. The predicted molar refractivity (Wildman–Crippen MR) is 345 cm³/mol. The Kier molecular flexibility index (Phi) is 59.2. The maximum atomic E-state index is 13.0. The summed E-state index contributed by atoms with van der Waals surface area (Å²) in [4.78, 5) is 72.1. The average Bonchev–Trinajstić information content (AvgIpc) is 3.65. The van der Waals surface area contributed by atoms with E-state index in [9.17, 15) is 43.2 Å². The molecule has 5 atom stereocenters. The van der Waals surface area contributed by atoms with E-state index in [1.54, 1.807) is 0 Å². The molecular weight excluding hydrogens is 1140 g/mol. The lowest BCUT2D eigenvalue weighted by molar-refractivity contribution is -0.161. The quantitative estimate of drug-likeness (QED) is 0.0222. The minimum Gasteiger partial charge on any atom is -0.462 e. The maximum absolute atomic E-state index is 13.0. The van der Waals surface area contributed by atoms with Crippen LogP contribution >= 0.6 is 15.6 Å². The Morgan fingerprint density at radius 2 is 0.535 bits per heavy atom. The highest BCUT2D eigenvalue weighted by Gasteiger charge is 2.30. The fourth-order valence-electron chi connectivity index (χ4n) is 10.1. The van der Waals surface area contributed by atoms with Gasteiger partial charge in [0.05, 0.1) is 26.4 Å². The zero-order valence-electron chi connectivity index (χ0n) is 55.4. The Labute approximate surface area is 524 Å². The molecule has 0 radical (unpaired) electrons. The number of carbonyl (C=O) groups is 4. The monoisotopic (exact) mass is 1270 g/mol. The van der Waals surface area contributed by atoms with Gasteiger partial charge in [0.2, 0.25) is 0 Å². The van der Waals surface area contributed by atoms with Gasteiger partial charge < -0.3 is 33.8 Å². The van der Waals surface area contributed by atoms with Gasteiger partial charge >= 0.3 is 39.5 Å². The molecule has 0 aromatic heterocycles. The Balaban J connectivity index is 5.12. The van der Waals surface area contributed by atoms with Crippen LogP contribution in [0.15, 0.2) is 0 Å². The summed E-state index contributed by atoms with van der Waals surface area (Å²) in [5, 5.41) is 10.5. The van der Waals surface area contributed by atoms with E-state index >= 15 is 0 Å². The highest BCUT2D eigenvalue weighted by molar-refractivity contribution is 7.47. The van der Waals surface area contributed by atoms with Crippen LogP contribution in [0.5, 0.6) is 0 Å². The molecule has 0 bridgehead atoms. The SMILES string of the molecule is CCCCCCCCCCCCCCCCCCCCCCC(=O)O[C@H](COC(=O)CCCCCCCCCCCC)COP(=O)(O)OC[C@@H](O)COP(=O)(O)OC[C@@H](COC(=O)CCCCCCCCC)OC(=O)CCCCCCCCC(C)C. The zero-order valence-corrected chi connectivity index (χ0v) is 57.2. The summed E-state index contributed by atoms with van der Waals surface area (Å²) in [6.07, 6.45) is 46.3. The number of carbonyl (C=O) groups excluding carboxylic acids is 4. The average molecular weight is 1270 g/mol. The number of ether oxygens (including phenoxy) is 4. The molecule has 0 aromatic carbocycles. The standard InChI is InChI=1S/C67H130O17P2/c1-6-9-12-15-18-20-22-23-24-25-26-27-28-29-30-31-33-36-42-47-52-66(71)83-62(57-78-65(70)51-46-41-35-32-21-19-16-13-10-7-2)58-81-85(73,74)79-54-61(68)55-80-86(75,76)82-59-63(56-77-64(69)50-45-40-34-17-14-11-8-3)84-67(72)53-48-43-38-37-39-44-49-60(4)5/h60-63,68H,6-59H2,1-5H3,(H,73,74)(H,75,76)/t61-,62-,63-/m1/s1. The number of phosphoric ester groups is 2. The van der Waals surface area contributed by atoms with Crippen LogP contribution in [0.4, 0.5) is 0 Å². The Morgan fingerprint density at radius 3 is 0.791 bits per heavy atom. The summed E-state index contributed by atoms with van der Waals surface area (Å²) >= 11 is 0. The molecule has 0 spiro atoms. The number of hydrogen-bond acceptors (Lipinski definition) is 15. The van der Waals surface area contributed by atoms with Crippen molar-refractivity contribution in [2.24, 2.45) is 5.92 Å². The Bertz CT molecular complexity index is 1670. The van der Waals surface area contributed by atoms with Gasteiger partial charge in [-0.1, -0.05) is 291 Å². The van der Waals surface area contributed by atoms with Crippen molar-refractivity contribution >= 4 is 39.5 Å². The molecule has 0 aliphatic carbocycles. The summed E-state index contributed by atoms with van der Waals surface area (Å²) in [6.45, 7) is 7.07. The molecule has 0 saturated heterocycles. The molecule has 510 valence electrons. The van der Waals surface area contributed by atoms with Crippen molar-refractivity contribution in [3.63, 3.8) is 0 Å². The van der Waals surface area contributed by atoms with Crippen molar-refractivity contribution < 1.29 is 80.2 Å². The van der Waals surface area contributed by atoms with E-state index in [0.29, 0.717) is 31.6 Å². The van der Waals surface area contributed by atoms with E-state index in [4.69, 9.17) is 37.0 Å². The molecular formula is C67H130O17P2. The first-order valence-corrected chi connectivity index (χ1v) is 38.1. The van der Waals surface area contributed by atoms with E-state index < -0.39 is 97.5 Å². The molecule has 0 aliphatic heterocycles. The fourth-order valence-corrected chi connectivity index (χ4v) is 11.7. The molecule has 0 aromatic rings. The molecule has 86 heavy (non-hydrogen) atoms. The van der Waals surface area contributed by atoms with E-state index in [1.165, 1.54) is 154 Å². The van der Waals surface area contributed by atoms with Gasteiger partial charge in [0.15, 0.2) is 12.2 Å². The van der Waals surface area contributed by atoms with E-state index in [1.807, 2.05) is 0 Å². The van der Waals surface area contributed by atoms with Crippen LogP contribution in [-0.4, -0.2) is 96.7 Å². The second kappa shape index (κ2) is 60.6. The summed E-state index contributed by atoms with van der Waals surface area (Å²) in [7, 11) is -9.88. The van der Waals surface area contributed by atoms with Gasteiger partial charge in [0, 0.05) is 25.7 Å². The first-order valence-electron chi connectivity index (χ1n) is 35.1. The second-order valence-electron chi connectivity index (χ2n) is 24.7. The number of unbranched alkanes of at least 4 members (excludes halogenated alkanes) is 39. The Morgan fingerprint density at radius 1 is 0.314 bits per heavy atom. The number of rotatable bonds is 67. The maximum Gasteiger partial charge on any atom is 0.472 e. The third kappa shape index (κ3) is 60.9. The fraction of sp³-hybridized carbons (Fsp3) is 0.940. The van der Waals surface area contributed by atoms with Crippen LogP contribution < -0.4 is 0 Å². The molecule has 0 fully saturated rings. The molecule has 3 N–H and O–H groups in total. The highest BCUT2D eigenvalue weighted by atomic mass is 31.2. The summed E-state index contributed by atoms with van der Waals surface area (Å²) < 4.78 is 67.9. The lowest BCUT2D eigenvalue weighted by Gasteiger charge is -2.21. The van der Waals surface area contributed by atoms with Crippen LogP contribution in [0.3, 0.4) is 0 Å². The lowest BCUT2D eigenvalue weighted by atomic mass is 10.0. The van der Waals surface area contributed by atoms with Gasteiger partial charge in [-0.15, -0.1) is 0 Å². The molecule has 0 saturated carbocycles. The number of aliphatic hydroxyl groups excluding tert-OH is 1. The second-order valence-corrected chi connectivity index (χ2v) is 27.6. The van der Waals surface area contributed by atoms with Crippen molar-refractivity contribution in [1.82, 2.24) is 0 Å². The molecule has 0 heterocycles. The van der Waals surface area contributed by atoms with Crippen LogP contribution in [0, 0.1) is 5.92 Å². The van der Waals surface area contributed by atoms with Crippen molar-refractivity contribution in [1.29, 1.82) is 0 Å². The predicted octanol–water partition coefficient (Wildman–Crippen LogP) is 19.0. The van der Waals surface area contributed by atoms with Crippen LogP contribution in [0.25, 0.3) is 0 Å². The van der Waals surface area contributed by atoms with E-state index in [-0.39, 0.29) is 25.7 Å². The Hall–Kier alpha value is -1.94. The summed E-state index contributed by atoms with van der Waals surface area (Å²) in [5.74, 6) is -1.47. The van der Waals surface area contributed by atoms with Crippen molar-refractivity contribution in [3.8, 4) is 0 Å². The minimum atomic E-state index is -4.95. The molecule has 19 heteroatoms. The first kappa shape index (κ1) is 84.1. The van der Waals surface area contributed by atoms with E-state index in [0.717, 1.165) is 103 Å². The molecule has 0 aliphatic rings. The van der Waals surface area contributed by atoms with Gasteiger partial charge in [0.1, 0.15) is 19.3 Å². The molecule has 0 rings (SSSR count). The summed E-state index contributed by atoms with van der Waals surface area (Å²) in [5.41, 5.74) is 0. The van der Waals surface area contributed by atoms with Crippen molar-refractivity contribution in [3.05, 3.63) is 0 Å². The van der Waals surface area contributed by atoms with Crippen molar-refractivity contribution in [2.75, 3.05) is 39.6 Å². The van der Waals surface area contributed by atoms with Crippen LogP contribution in [0.2, 0.25) is 0 Å². The zero-order chi connectivity index (χ0) is 63.5. The number of esters is 4. The van der Waals surface area contributed by atoms with Gasteiger partial charge in [-0.05, 0) is 31.6 Å². The van der Waals surface area contributed by atoms with Gasteiger partial charge in [0.25, 0.3) is 0 Å². The molecule has 17 nitrogen and oxygen atoms in total. The van der Waals surface area contributed by atoms with Crippen LogP contribution in [0.1, 0.15) is 343 Å².